The van der Waals surface area contributed by atoms with Crippen molar-refractivity contribution >= 4 is 29.2 Å². The highest BCUT2D eigenvalue weighted by Crippen LogP contribution is 2.25. The van der Waals surface area contributed by atoms with Crippen LogP contribution in [-0.2, 0) is 0 Å². The first kappa shape index (κ1) is 7.35. The first-order valence-corrected chi connectivity index (χ1v) is 4.11. The maximum atomic E-state index is 4.74. The van der Waals surface area contributed by atoms with Crippen LogP contribution in [0.5, 0.6) is 0 Å². The van der Waals surface area contributed by atoms with Gasteiger partial charge in [-0.2, -0.15) is 0 Å². The molecule has 1 saturated carbocycles. The summed E-state index contributed by atoms with van der Waals surface area (Å²) in [5.74, 6) is 0.870. The topological polar surface area (TPSA) is 12.0 Å². The molecule has 52 valence electrons. The highest BCUT2D eigenvalue weighted by molar-refractivity contribution is 8.11. The van der Waals surface area contributed by atoms with E-state index in [4.69, 9.17) is 12.2 Å². The van der Waals surface area contributed by atoms with Crippen molar-refractivity contribution in [1.82, 2.24) is 5.32 Å². The van der Waals surface area contributed by atoms with E-state index in [0.717, 1.165) is 12.5 Å². The van der Waals surface area contributed by atoms with Gasteiger partial charge in [0.1, 0.15) is 4.32 Å². The Labute approximate surface area is 66.6 Å². The number of nitrogens with one attached hydrogen (secondary N) is 1. The van der Waals surface area contributed by atoms with Gasteiger partial charge in [-0.05, 0) is 18.8 Å². The summed E-state index contributed by atoms with van der Waals surface area (Å²) in [6.45, 7) is 1.03. The zero-order chi connectivity index (χ0) is 6.69. The van der Waals surface area contributed by atoms with Gasteiger partial charge in [0.15, 0.2) is 0 Å². The summed E-state index contributed by atoms with van der Waals surface area (Å²) in [7, 11) is 0. The van der Waals surface area contributed by atoms with Gasteiger partial charge in [0.05, 0.1) is 0 Å². The van der Waals surface area contributed by atoms with E-state index in [1.165, 1.54) is 19.3 Å². The lowest BCUT2D eigenvalue weighted by Crippen LogP contribution is -2.28. The van der Waals surface area contributed by atoms with Crippen LogP contribution in [0.1, 0.15) is 19.3 Å². The fraction of sp³-hybridized carbons (Fsp3) is 0.833. The molecule has 0 aromatic heterocycles. The van der Waals surface area contributed by atoms with Gasteiger partial charge >= 0.3 is 0 Å². The molecule has 0 spiro atoms. The van der Waals surface area contributed by atoms with E-state index >= 15 is 0 Å². The minimum absolute atomic E-state index is 0.627. The SMILES string of the molecule is S=C(S)NCC1CCC1. The first-order valence-electron chi connectivity index (χ1n) is 3.26. The van der Waals surface area contributed by atoms with Gasteiger partial charge in [-0.3, -0.25) is 0 Å². The van der Waals surface area contributed by atoms with Crippen LogP contribution < -0.4 is 5.32 Å². The molecule has 3 heteroatoms. The highest BCUT2D eigenvalue weighted by Gasteiger charge is 2.16. The second-order valence-corrected chi connectivity index (χ2v) is 3.64. The predicted octanol–water partition coefficient (Wildman–Crippen LogP) is 1.59. The molecule has 0 unspecified atom stereocenters. The van der Waals surface area contributed by atoms with Crippen LogP contribution in [0.4, 0.5) is 0 Å². The third-order valence-electron chi connectivity index (χ3n) is 1.77. The summed E-state index contributed by atoms with van der Waals surface area (Å²) in [5, 5.41) is 3.04. The van der Waals surface area contributed by atoms with Gasteiger partial charge in [-0.25, -0.2) is 0 Å². The molecular formula is C6H11NS2. The zero-order valence-corrected chi connectivity index (χ0v) is 6.97. The Morgan fingerprint density at radius 2 is 2.33 bits per heavy atom. The average molecular weight is 161 g/mol. The van der Waals surface area contributed by atoms with E-state index < -0.39 is 0 Å². The number of hydrogen-bond donors (Lipinski definition) is 2. The minimum Gasteiger partial charge on any atom is -0.371 e. The maximum absolute atomic E-state index is 4.74. The van der Waals surface area contributed by atoms with Gasteiger partial charge in [0.2, 0.25) is 0 Å². The minimum atomic E-state index is 0.627. The van der Waals surface area contributed by atoms with Crippen molar-refractivity contribution < 1.29 is 0 Å². The molecule has 1 aliphatic carbocycles. The summed E-state index contributed by atoms with van der Waals surface area (Å²) < 4.78 is 0.627. The fourth-order valence-electron chi connectivity index (χ4n) is 0.929. The summed E-state index contributed by atoms with van der Waals surface area (Å²) in [4.78, 5) is 0. The first-order chi connectivity index (χ1) is 4.29. The van der Waals surface area contributed by atoms with Gasteiger partial charge in [0.25, 0.3) is 0 Å². The van der Waals surface area contributed by atoms with Crippen LogP contribution in [0, 0.1) is 5.92 Å². The van der Waals surface area contributed by atoms with Crippen molar-refractivity contribution in [2.24, 2.45) is 5.92 Å². The van der Waals surface area contributed by atoms with Crippen LogP contribution >= 0.6 is 24.8 Å². The Balaban J connectivity index is 1.97. The van der Waals surface area contributed by atoms with Gasteiger partial charge < -0.3 is 5.32 Å². The molecule has 1 nitrogen and oxygen atoms in total. The van der Waals surface area contributed by atoms with Crippen LogP contribution in [0.3, 0.4) is 0 Å². The Bertz CT molecular complexity index is 110. The zero-order valence-electron chi connectivity index (χ0n) is 5.26. The Kier molecular flexibility index (Phi) is 2.79. The van der Waals surface area contributed by atoms with E-state index in [1.54, 1.807) is 0 Å². The molecule has 0 atom stereocenters. The van der Waals surface area contributed by atoms with E-state index in [1.807, 2.05) is 0 Å². The van der Waals surface area contributed by atoms with Crippen molar-refractivity contribution in [1.29, 1.82) is 0 Å². The quantitative estimate of drug-likeness (QED) is 0.471. The molecule has 1 N–H and O–H groups in total. The molecule has 0 heterocycles. The van der Waals surface area contributed by atoms with Crippen molar-refractivity contribution in [3.63, 3.8) is 0 Å². The molecule has 1 fully saturated rings. The lowest BCUT2D eigenvalue weighted by molar-refractivity contribution is 0.316. The Morgan fingerprint density at radius 1 is 1.67 bits per heavy atom. The summed E-state index contributed by atoms with van der Waals surface area (Å²) in [6, 6.07) is 0. The average Bonchev–Trinajstić information content (AvgIpc) is 1.60. The smallest absolute Gasteiger partial charge is 0.130 e. The molecule has 0 aliphatic heterocycles. The van der Waals surface area contributed by atoms with Crippen molar-refractivity contribution in [3.8, 4) is 0 Å². The second-order valence-electron chi connectivity index (χ2n) is 2.48. The summed E-state index contributed by atoms with van der Waals surface area (Å²) in [5.41, 5.74) is 0. The second kappa shape index (κ2) is 3.42. The highest BCUT2D eigenvalue weighted by atomic mass is 32.1. The molecular weight excluding hydrogens is 150 g/mol. The van der Waals surface area contributed by atoms with Crippen molar-refractivity contribution in [3.05, 3.63) is 0 Å². The monoisotopic (exact) mass is 161 g/mol. The largest absolute Gasteiger partial charge is 0.371 e. The Morgan fingerprint density at radius 3 is 2.67 bits per heavy atom. The number of thiocarbonyl (C=S) groups is 1. The molecule has 0 aromatic carbocycles. The summed E-state index contributed by atoms with van der Waals surface area (Å²) in [6.07, 6.45) is 4.12. The van der Waals surface area contributed by atoms with Crippen LogP contribution in [0.2, 0.25) is 0 Å². The van der Waals surface area contributed by atoms with Crippen LogP contribution in [-0.4, -0.2) is 10.9 Å². The van der Waals surface area contributed by atoms with E-state index in [-0.39, 0.29) is 0 Å². The number of hydrogen-bond acceptors (Lipinski definition) is 1. The lowest BCUT2D eigenvalue weighted by atomic mass is 9.86. The van der Waals surface area contributed by atoms with Crippen molar-refractivity contribution in [2.75, 3.05) is 6.54 Å². The molecule has 0 saturated heterocycles. The molecule has 0 radical (unpaired) electrons. The fourth-order valence-corrected chi connectivity index (χ4v) is 1.10. The lowest BCUT2D eigenvalue weighted by Gasteiger charge is -2.25. The molecule has 9 heavy (non-hydrogen) atoms. The molecule has 0 amide bonds. The van der Waals surface area contributed by atoms with Crippen LogP contribution in [0.25, 0.3) is 0 Å². The Hall–Kier alpha value is 0.240. The third kappa shape index (κ3) is 2.54. The normalized spacial score (nSPS) is 18.8. The number of rotatable bonds is 2. The van der Waals surface area contributed by atoms with E-state index in [9.17, 15) is 0 Å². The maximum Gasteiger partial charge on any atom is 0.130 e. The predicted molar refractivity (Wildman–Crippen MR) is 46.9 cm³/mol. The van der Waals surface area contributed by atoms with Gasteiger partial charge in [-0.1, -0.05) is 18.6 Å². The number of thiol groups is 1. The van der Waals surface area contributed by atoms with Crippen molar-refractivity contribution in [2.45, 2.75) is 19.3 Å². The molecule has 0 aromatic rings. The van der Waals surface area contributed by atoms with Gasteiger partial charge in [-0.15, -0.1) is 12.6 Å². The molecule has 0 bridgehead atoms. The van der Waals surface area contributed by atoms with Gasteiger partial charge in [0, 0.05) is 6.54 Å². The third-order valence-corrected chi connectivity index (χ3v) is 2.07. The summed E-state index contributed by atoms with van der Waals surface area (Å²) >= 11 is 8.70. The van der Waals surface area contributed by atoms with E-state index in [2.05, 4.69) is 17.9 Å². The molecule has 1 rings (SSSR count). The standard InChI is InChI=1S/C6H11NS2/c8-6(9)7-4-5-2-1-3-5/h5H,1-4H2,(H2,7,8,9). The molecule has 1 aliphatic rings. The van der Waals surface area contributed by atoms with E-state index in [0.29, 0.717) is 4.32 Å². The van der Waals surface area contributed by atoms with Crippen LogP contribution in [0.15, 0.2) is 0 Å².